The summed E-state index contributed by atoms with van der Waals surface area (Å²) in [5.41, 5.74) is 6.69. The molecule has 0 aliphatic heterocycles. The Labute approximate surface area is 120 Å². The van der Waals surface area contributed by atoms with Crippen LogP contribution >= 0.6 is 27.3 Å². The molecule has 0 aliphatic rings. The number of ether oxygens (including phenoxy) is 1. The molecule has 0 saturated heterocycles. The van der Waals surface area contributed by atoms with Crippen molar-refractivity contribution in [3.05, 3.63) is 50.1 Å². The molecule has 2 N–H and O–H groups in total. The van der Waals surface area contributed by atoms with Crippen molar-refractivity contribution in [3.63, 3.8) is 0 Å². The van der Waals surface area contributed by atoms with Crippen LogP contribution in [0.25, 0.3) is 0 Å². The highest BCUT2D eigenvalue weighted by atomic mass is 79.9. The van der Waals surface area contributed by atoms with Gasteiger partial charge in [-0.2, -0.15) is 0 Å². The summed E-state index contributed by atoms with van der Waals surface area (Å²) in [6, 6.07) is 10.2. The van der Waals surface area contributed by atoms with Gasteiger partial charge in [0.2, 0.25) is 0 Å². The highest BCUT2D eigenvalue weighted by molar-refractivity contribution is 9.10. The molecule has 0 spiro atoms. The summed E-state index contributed by atoms with van der Waals surface area (Å²) in [5, 5.41) is 0. The van der Waals surface area contributed by atoms with Gasteiger partial charge in [0, 0.05) is 16.3 Å². The lowest BCUT2D eigenvalue weighted by molar-refractivity contribution is 0.307. The first kappa shape index (κ1) is 13.6. The lowest BCUT2D eigenvalue weighted by Crippen LogP contribution is -1.98. The third kappa shape index (κ3) is 3.34. The zero-order valence-corrected chi connectivity index (χ0v) is 12.7. The Balaban J connectivity index is 2.01. The van der Waals surface area contributed by atoms with E-state index in [9.17, 15) is 0 Å². The van der Waals surface area contributed by atoms with Crippen LogP contribution in [0.5, 0.6) is 5.75 Å². The van der Waals surface area contributed by atoms with Crippen molar-refractivity contribution in [1.82, 2.24) is 0 Å². The zero-order valence-electron chi connectivity index (χ0n) is 10.3. The van der Waals surface area contributed by atoms with E-state index in [4.69, 9.17) is 10.5 Å². The van der Waals surface area contributed by atoms with Gasteiger partial charge in [-0.05, 0) is 52.2 Å². The maximum Gasteiger partial charge on any atom is 0.134 e. The molecule has 0 atom stereocenters. The molecule has 2 nitrogen and oxygen atoms in total. The van der Waals surface area contributed by atoms with Gasteiger partial charge in [0.25, 0.3) is 0 Å². The van der Waals surface area contributed by atoms with Crippen LogP contribution in [0.3, 0.4) is 0 Å². The summed E-state index contributed by atoms with van der Waals surface area (Å²) >= 11 is 5.31. The third-order valence-electron chi connectivity index (χ3n) is 2.67. The summed E-state index contributed by atoms with van der Waals surface area (Å²) in [6.07, 6.45) is 1.08. The third-order valence-corrected chi connectivity index (χ3v) is 4.49. The van der Waals surface area contributed by atoms with E-state index < -0.39 is 0 Å². The fourth-order valence-corrected chi connectivity index (χ4v) is 3.04. The van der Waals surface area contributed by atoms with Crippen molar-refractivity contribution in [2.45, 2.75) is 26.5 Å². The summed E-state index contributed by atoms with van der Waals surface area (Å²) in [5.74, 6) is 0.860. The number of hydrogen-bond acceptors (Lipinski definition) is 3. The molecule has 0 fully saturated rings. The van der Waals surface area contributed by atoms with Gasteiger partial charge in [-0.25, -0.2) is 0 Å². The minimum atomic E-state index is 0.545. The highest BCUT2D eigenvalue weighted by Gasteiger charge is 2.04. The summed E-state index contributed by atoms with van der Waals surface area (Å²) in [6.45, 7) is 3.33. The molecule has 96 valence electrons. The fourth-order valence-electron chi connectivity index (χ4n) is 1.63. The van der Waals surface area contributed by atoms with Crippen LogP contribution in [0.1, 0.15) is 22.2 Å². The van der Waals surface area contributed by atoms with Gasteiger partial charge in [-0.15, -0.1) is 11.3 Å². The van der Waals surface area contributed by atoms with Gasteiger partial charge in [0.05, 0.1) is 4.47 Å². The van der Waals surface area contributed by atoms with Crippen molar-refractivity contribution < 1.29 is 4.74 Å². The fraction of sp³-hybridized carbons (Fsp3) is 0.286. The number of halogens is 1. The van der Waals surface area contributed by atoms with Crippen LogP contribution in [0.15, 0.2) is 34.8 Å². The molecular weight excluding hydrogens is 310 g/mol. The van der Waals surface area contributed by atoms with Crippen LogP contribution in [0, 0.1) is 0 Å². The largest absolute Gasteiger partial charge is 0.487 e. The molecule has 18 heavy (non-hydrogen) atoms. The minimum absolute atomic E-state index is 0.545. The van der Waals surface area contributed by atoms with Crippen molar-refractivity contribution in [3.8, 4) is 5.75 Å². The quantitative estimate of drug-likeness (QED) is 0.897. The number of rotatable bonds is 5. The molecule has 0 amide bonds. The SMILES string of the molecule is CCc1ccc(COc2ccc(CN)cc2Br)s1. The average molecular weight is 326 g/mol. The number of hydrogen-bond donors (Lipinski definition) is 1. The van der Waals surface area contributed by atoms with E-state index in [1.807, 2.05) is 18.2 Å². The first-order valence-corrected chi connectivity index (χ1v) is 7.52. The molecule has 1 heterocycles. The van der Waals surface area contributed by atoms with Crippen LogP contribution in [-0.2, 0) is 19.6 Å². The summed E-state index contributed by atoms with van der Waals surface area (Å²) in [7, 11) is 0. The van der Waals surface area contributed by atoms with Gasteiger partial charge in [0.1, 0.15) is 12.4 Å². The molecule has 0 radical (unpaired) electrons. The minimum Gasteiger partial charge on any atom is -0.487 e. The molecule has 0 bridgehead atoms. The van der Waals surface area contributed by atoms with E-state index in [-0.39, 0.29) is 0 Å². The summed E-state index contributed by atoms with van der Waals surface area (Å²) in [4.78, 5) is 2.65. The molecule has 2 rings (SSSR count). The van der Waals surface area contributed by atoms with E-state index >= 15 is 0 Å². The number of aryl methyl sites for hydroxylation is 1. The van der Waals surface area contributed by atoms with Gasteiger partial charge in [-0.3, -0.25) is 0 Å². The molecule has 0 aliphatic carbocycles. The lowest BCUT2D eigenvalue weighted by atomic mass is 10.2. The molecule has 2 aromatic rings. The Kier molecular flexibility index (Phi) is 4.80. The van der Waals surface area contributed by atoms with Crippen LogP contribution in [0.4, 0.5) is 0 Å². The zero-order chi connectivity index (χ0) is 13.0. The van der Waals surface area contributed by atoms with E-state index in [1.165, 1.54) is 9.75 Å². The first-order valence-electron chi connectivity index (χ1n) is 5.91. The van der Waals surface area contributed by atoms with E-state index in [0.29, 0.717) is 13.2 Å². The second kappa shape index (κ2) is 6.36. The second-order valence-corrected chi connectivity index (χ2v) is 6.09. The Bertz CT molecular complexity index is 524. The first-order chi connectivity index (χ1) is 8.72. The highest BCUT2D eigenvalue weighted by Crippen LogP contribution is 2.27. The number of benzene rings is 1. The van der Waals surface area contributed by atoms with Crippen LogP contribution < -0.4 is 10.5 Å². The van der Waals surface area contributed by atoms with Gasteiger partial charge in [0.15, 0.2) is 0 Å². The van der Waals surface area contributed by atoms with E-state index in [0.717, 1.165) is 22.2 Å². The molecule has 1 aromatic heterocycles. The Morgan fingerprint density at radius 1 is 1.22 bits per heavy atom. The maximum atomic E-state index is 5.80. The van der Waals surface area contributed by atoms with E-state index in [1.54, 1.807) is 11.3 Å². The standard InChI is InChI=1S/C14H16BrNOS/c1-2-11-4-5-12(18-11)9-17-14-6-3-10(8-16)7-13(14)15/h3-7H,2,8-9,16H2,1H3. The summed E-state index contributed by atoms with van der Waals surface area (Å²) < 4.78 is 6.76. The predicted molar refractivity (Wildman–Crippen MR) is 80.1 cm³/mol. The van der Waals surface area contributed by atoms with Gasteiger partial charge >= 0.3 is 0 Å². The Hall–Kier alpha value is -0.840. The molecule has 0 unspecified atom stereocenters. The topological polar surface area (TPSA) is 35.2 Å². The number of thiophene rings is 1. The molecular formula is C14H16BrNOS. The molecule has 0 saturated carbocycles. The second-order valence-electron chi connectivity index (χ2n) is 3.98. The Morgan fingerprint density at radius 3 is 2.61 bits per heavy atom. The predicted octanol–water partition coefficient (Wildman–Crippen LogP) is 4.11. The van der Waals surface area contributed by atoms with E-state index in [2.05, 4.69) is 35.0 Å². The van der Waals surface area contributed by atoms with Crippen molar-refractivity contribution in [1.29, 1.82) is 0 Å². The monoisotopic (exact) mass is 325 g/mol. The molecule has 4 heteroatoms. The smallest absolute Gasteiger partial charge is 0.134 e. The molecule has 1 aromatic carbocycles. The number of nitrogens with two attached hydrogens (primary N) is 1. The van der Waals surface area contributed by atoms with Gasteiger partial charge < -0.3 is 10.5 Å². The normalized spacial score (nSPS) is 10.6. The Morgan fingerprint density at radius 2 is 2.00 bits per heavy atom. The maximum absolute atomic E-state index is 5.80. The van der Waals surface area contributed by atoms with Gasteiger partial charge in [-0.1, -0.05) is 13.0 Å². The van der Waals surface area contributed by atoms with Crippen molar-refractivity contribution in [2.24, 2.45) is 5.73 Å². The van der Waals surface area contributed by atoms with Crippen molar-refractivity contribution >= 4 is 27.3 Å². The van der Waals surface area contributed by atoms with Crippen molar-refractivity contribution in [2.75, 3.05) is 0 Å². The average Bonchev–Trinajstić information content (AvgIpc) is 2.85. The lowest BCUT2D eigenvalue weighted by Gasteiger charge is -2.08. The van der Waals surface area contributed by atoms with Crippen LogP contribution in [-0.4, -0.2) is 0 Å². The van der Waals surface area contributed by atoms with Crippen LogP contribution in [0.2, 0.25) is 0 Å².